The molecular weight excluding hydrogens is 282 g/mol. The van der Waals surface area contributed by atoms with Crippen molar-refractivity contribution in [2.75, 3.05) is 19.0 Å². The topological polar surface area (TPSA) is 23.5 Å². The summed E-state index contributed by atoms with van der Waals surface area (Å²) in [6.07, 6.45) is 0. The maximum Gasteiger partial charge on any atom is 0.142 e. The molecule has 3 rings (SSSR count). The van der Waals surface area contributed by atoms with E-state index in [2.05, 4.69) is 0 Å². The third kappa shape index (κ3) is 2.73. The fourth-order valence-corrected chi connectivity index (χ4v) is 3.01. The Bertz CT molecular complexity index is 727. The molecule has 0 aliphatic heterocycles. The minimum absolute atomic E-state index is 0.862. The Morgan fingerprint density at radius 2 is 1.09 bits per heavy atom. The first kappa shape index (κ1) is 15.3. The standard InChI is InChI=1S/C21H21NO/c1-22(2)20-16-10-9-15-19(20)21(23,17-11-5-3-6-12-17)18-13-7-4-8-14-18/h3-16,23H,1-2H3. The van der Waals surface area contributed by atoms with Crippen molar-refractivity contribution in [1.82, 2.24) is 0 Å². The third-order valence-corrected chi connectivity index (χ3v) is 4.16. The zero-order valence-corrected chi connectivity index (χ0v) is 13.5. The molecule has 0 amide bonds. The zero-order valence-electron chi connectivity index (χ0n) is 13.5. The van der Waals surface area contributed by atoms with Crippen LogP contribution in [0.25, 0.3) is 0 Å². The molecule has 0 unspecified atom stereocenters. The van der Waals surface area contributed by atoms with Gasteiger partial charge in [-0.05, 0) is 17.2 Å². The zero-order chi connectivity index (χ0) is 16.3. The van der Waals surface area contributed by atoms with Crippen molar-refractivity contribution in [3.63, 3.8) is 0 Å². The van der Waals surface area contributed by atoms with Gasteiger partial charge in [0.05, 0.1) is 0 Å². The van der Waals surface area contributed by atoms with Crippen molar-refractivity contribution in [3.05, 3.63) is 102 Å². The summed E-state index contributed by atoms with van der Waals surface area (Å²) in [5.41, 5.74) is 2.41. The molecule has 3 aromatic carbocycles. The van der Waals surface area contributed by atoms with Crippen LogP contribution in [0.3, 0.4) is 0 Å². The summed E-state index contributed by atoms with van der Waals surface area (Å²) in [7, 11) is 3.99. The number of rotatable bonds is 4. The first-order valence-electron chi connectivity index (χ1n) is 7.74. The lowest BCUT2D eigenvalue weighted by atomic mass is 9.79. The Morgan fingerprint density at radius 3 is 1.57 bits per heavy atom. The van der Waals surface area contributed by atoms with Crippen molar-refractivity contribution in [2.45, 2.75) is 5.60 Å². The molecule has 0 aromatic heterocycles. The summed E-state index contributed by atoms with van der Waals surface area (Å²) in [6.45, 7) is 0. The van der Waals surface area contributed by atoms with Gasteiger partial charge in [0.25, 0.3) is 0 Å². The van der Waals surface area contributed by atoms with Gasteiger partial charge in [-0.1, -0.05) is 78.9 Å². The number of aliphatic hydroxyl groups is 1. The second-order valence-electron chi connectivity index (χ2n) is 5.85. The van der Waals surface area contributed by atoms with Crippen LogP contribution in [0.4, 0.5) is 5.69 Å². The predicted molar refractivity (Wildman–Crippen MR) is 95.8 cm³/mol. The van der Waals surface area contributed by atoms with E-state index in [-0.39, 0.29) is 0 Å². The van der Waals surface area contributed by atoms with Gasteiger partial charge in [0.2, 0.25) is 0 Å². The summed E-state index contributed by atoms with van der Waals surface area (Å²) in [5, 5.41) is 11.8. The van der Waals surface area contributed by atoms with Gasteiger partial charge in [0.1, 0.15) is 5.60 Å². The molecule has 2 nitrogen and oxygen atoms in total. The highest BCUT2D eigenvalue weighted by Gasteiger charge is 2.35. The molecule has 1 N–H and O–H groups in total. The van der Waals surface area contributed by atoms with Gasteiger partial charge in [-0.2, -0.15) is 0 Å². The number of anilines is 1. The van der Waals surface area contributed by atoms with E-state index >= 15 is 0 Å². The highest BCUT2D eigenvalue weighted by Crippen LogP contribution is 2.40. The van der Waals surface area contributed by atoms with Gasteiger partial charge in [-0.25, -0.2) is 0 Å². The average molecular weight is 303 g/mol. The number of benzene rings is 3. The molecule has 0 spiro atoms. The second-order valence-corrected chi connectivity index (χ2v) is 5.85. The van der Waals surface area contributed by atoms with Gasteiger partial charge < -0.3 is 10.0 Å². The molecule has 3 aromatic rings. The molecule has 23 heavy (non-hydrogen) atoms. The summed E-state index contributed by atoms with van der Waals surface area (Å²) in [5.74, 6) is 0. The van der Waals surface area contributed by atoms with Crippen molar-refractivity contribution in [3.8, 4) is 0 Å². The highest BCUT2D eigenvalue weighted by atomic mass is 16.3. The predicted octanol–water partition coefficient (Wildman–Crippen LogP) is 4.04. The average Bonchev–Trinajstić information content (AvgIpc) is 2.62. The maximum atomic E-state index is 11.8. The molecule has 0 bridgehead atoms. The van der Waals surface area contributed by atoms with Crippen molar-refractivity contribution in [2.24, 2.45) is 0 Å². The van der Waals surface area contributed by atoms with E-state index < -0.39 is 5.60 Å². The van der Waals surface area contributed by atoms with E-state index in [0.29, 0.717) is 0 Å². The minimum atomic E-state index is -1.19. The largest absolute Gasteiger partial charge is 0.377 e. The van der Waals surface area contributed by atoms with Crippen LogP contribution in [-0.4, -0.2) is 19.2 Å². The number of hydrogen-bond acceptors (Lipinski definition) is 2. The van der Waals surface area contributed by atoms with Gasteiger partial charge in [0, 0.05) is 25.3 Å². The molecule has 2 heteroatoms. The Kier molecular flexibility index (Phi) is 4.18. The fourth-order valence-electron chi connectivity index (χ4n) is 3.01. The SMILES string of the molecule is CN(C)c1ccccc1C(O)(c1ccccc1)c1ccccc1. The lowest BCUT2D eigenvalue weighted by Crippen LogP contribution is -2.31. The molecule has 0 fully saturated rings. The van der Waals surface area contributed by atoms with Gasteiger partial charge in [0.15, 0.2) is 0 Å². The van der Waals surface area contributed by atoms with Crippen LogP contribution in [0.15, 0.2) is 84.9 Å². The number of nitrogens with zero attached hydrogens (tertiary/aromatic N) is 1. The van der Waals surface area contributed by atoms with Crippen LogP contribution in [0.5, 0.6) is 0 Å². The second kappa shape index (κ2) is 6.27. The molecular formula is C21H21NO. The monoisotopic (exact) mass is 303 g/mol. The van der Waals surface area contributed by atoms with E-state index in [1.807, 2.05) is 104 Å². The summed E-state index contributed by atoms with van der Waals surface area (Å²) < 4.78 is 0. The first-order chi connectivity index (χ1) is 11.1. The van der Waals surface area contributed by atoms with Crippen LogP contribution in [0, 0.1) is 0 Å². The summed E-state index contributed by atoms with van der Waals surface area (Å²) >= 11 is 0. The highest BCUT2D eigenvalue weighted by molar-refractivity contribution is 5.61. The normalized spacial score (nSPS) is 11.3. The van der Waals surface area contributed by atoms with Crippen LogP contribution >= 0.6 is 0 Å². The van der Waals surface area contributed by atoms with Crippen LogP contribution in [-0.2, 0) is 5.60 Å². The smallest absolute Gasteiger partial charge is 0.142 e. The van der Waals surface area contributed by atoms with Gasteiger partial charge in [-0.3, -0.25) is 0 Å². The van der Waals surface area contributed by atoms with E-state index in [1.165, 1.54) is 0 Å². The lowest BCUT2D eigenvalue weighted by Gasteiger charge is -2.33. The van der Waals surface area contributed by atoms with Crippen LogP contribution in [0.2, 0.25) is 0 Å². The molecule has 116 valence electrons. The van der Waals surface area contributed by atoms with E-state index in [4.69, 9.17) is 0 Å². The molecule has 0 saturated heterocycles. The number of hydrogen-bond donors (Lipinski definition) is 1. The molecule has 0 aliphatic rings. The van der Waals surface area contributed by atoms with Crippen molar-refractivity contribution in [1.29, 1.82) is 0 Å². The summed E-state index contributed by atoms with van der Waals surface area (Å²) in [4.78, 5) is 2.03. The van der Waals surface area contributed by atoms with E-state index in [9.17, 15) is 5.11 Å². The lowest BCUT2D eigenvalue weighted by molar-refractivity contribution is 0.126. The maximum absolute atomic E-state index is 11.8. The Balaban J connectivity index is 2.30. The Hall–Kier alpha value is -2.58. The number of para-hydroxylation sites is 1. The molecule has 0 radical (unpaired) electrons. The first-order valence-corrected chi connectivity index (χ1v) is 7.74. The summed E-state index contributed by atoms with van der Waals surface area (Å²) in [6, 6.07) is 27.7. The molecule has 0 heterocycles. The Morgan fingerprint density at radius 1 is 0.652 bits per heavy atom. The third-order valence-electron chi connectivity index (χ3n) is 4.16. The van der Waals surface area contributed by atoms with Gasteiger partial charge >= 0.3 is 0 Å². The minimum Gasteiger partial charge on any atom is -0.377 e. The Labute approximate surface area is 137 Å². The molecule has 0 saturated carbocycles. The van der Waals surface area contributed by atoms with Crippen LogP contribution < -0.4 is 4.90 Å². The van der Waals surface area contributed by atoms with Gasteiger partial charge in [-0.15, -0.1) is 0 Å². The van der Waals surface area contributed by atoms with E-state index in [0.717, 1.165) is 22.4 Å². The quantitative estimate of drug-likeness (QED) is 0.735. The van der Waals surface area contributed by atoms with Crippen molar-refractivity contribution >= 4 is 5.69 Å². The fraction of sp³-hybridized carbons (Fsp3) is 0.143. The molecule has 0 aliphatic carbocycles. The van der Waals surface area contributed by atoms with Crippen LogP contribution in [0.1, 0.15) is 16.7 Å². The van der Waals surface area contributed by atoms with Crippen molar-refractivity contribution < 1.29 is 5.11 Å². The molecule has 0 atom stereocenters. The van der Waals surface area contributed by atoms with E-state index in [1.54, 1.807) is 0 Å².